The number of ether oxygens (including phenoxy) is 1. The van der Waals surface area contributed by atoms with Gasteiger partial charge in [-0.15, -0.1) is 22.6 Å². The Morgan fingerprint density at radius 3 is 2.64 bits per heavy atom. The van der Waals surface area contributed by atoms with E-state index in [9.17, 15) is 13.6 Å². The predicted octanol–water partition coefficient (Wildman–Crippen LogP) is 2.37. The molecule has 22 heavy (non-hydrogen) atoms. The molecule has 2 atom stereocenters. The van der Waals surface area contributed by atoms with Crippen molar-refractivity contribution < 1.29 is 18.3 Å². The molecule has 0 aromatic carbocycles. The zero-order valence-corrected chi connectivity index (χ0v) is 14.1. The van der Waals surface area contributed by atoms with Crippen molar-refractivity contribution in [3.05, 3.63) is 5.01 Å². The third-order valence-electron chi connectivity index (χ3n) is 4.08. The van der Waals surface area contributed by atoms with E-state index in [1.54, 1.807) is 0 Å². The molecule has 0 spiro atoms. The van der Waals surface area contributed by atoms with Crippen LogP contribution in [0.25, 0.3) is 0 Å². The number of nitrogens with two attached hydrogens (primary N) is 1. The van der Waals surface area contributed by atoms with Crippen LogP contribution in [0.1, 0.15) is 38.6 Å². The number of carbonyl (C=O) groups excluding carboxylic acids is 1. The lowest BCUT2D eigenvalue weighted by molar-refractivity contribution is -0.166. The maximum absolute atomic E-state index is 12.4. The molecule has 1 amide bonds. The maximum atomic E-state index is 12.4. The largest absolute Gasteiger partial charge is 0.378 e. The Balaban J connectivity index is 0.00000242. The summed E-state index contributed by atoms with van der Waals surface area (Å²) >= 11 is 0.640. The van der Waals surface area contributed by atoms with Crippen LogP contribution in [-0.4, -0.2) is 34.4 Å². The fourth-order valence-electron chi connectivity index (χ4n) is 2.40. The van der Waals surface area contributed by atoms with E-state index in [1.807, 2.05) is 20.8 Å². The number of nitrogens with zero attached hydrogens (tertiary/aromatic N) is 2. The fraction of sp³-hybridized carbons (Fsp3) is 0.750. The SMILES string of the molecule is CCOC1CC(N)(C(=O)Nc2nnc(C(F)F)s2)C1(C)C.Cl. The molecule has 0 aliphatic heterocycles. The van der Waals surface area contributed by atoms with E-state index < -0.39 is 28.3 Å². The number of anilines is 1. The van der Waals surface area contributed by atoms with Crippen molar-refractivity contribution in [3.8, 4) is 0 Å². The highest BCUT2D eigenvalue weighted by Gasteiger charge is 2.63. The van der Waals surface area contributed by atoms with E-state index in [0.717, 1.165) is 0 Å². The minimum atomic E-state index is -2.71. The molecule has 1 aromatic rings. The van der Waals surface area contributed by atoms with Crippen LogP contribution in [0, 0.1) is 5.41 Å². The third-order valence-corrected chi connectivity index (χ3v) is 4.93. The normalized spacial score (nSPS) is 26.2. The van der Waals surface area contributed by atoms with Crippen molar-refractivity contribution in [2.75, 3.05) is 11.9 Å². The van der Waals surface area contributed by atoms with Gasteiger partial charge in [-0.3, -0.25) is 10.1 Å². The van der Waals surface area contributed by atoms with Gasteiger partial charge in [-0.25, -0.2) is 8.78 Å². The van der Waals surface area contributed by atoms with E-state index in [-0.39, 0.29) is 23.6 Å². The number of rotatable bonds is 5. The van der Waals surface area contributed by atoms with Crippen LogP contribution in [-0.2, 0) is 9.53 Å². The average molecular weight is 357 g/mol. The first-order valence-corrected chi connectivity index (χ1v) is 7.37. The molecule has 1 aliphatic carbocycles. The molecule has 126 valence electrons. The molecule has 2 rings (SSSR count). The van der Waals surface area contributed by atoms with E-state index in [1.165, 1.54) is 0 Å². The molecule has 1 saturated carbocycles. The summed E-state index contributed by atoms with van der Waals surface area (Å²) in [7, 11) is 0. The number of alkyl halides is 2. The van der Waals surface area contributed by atoms with Crippen LogP contribution >= 0.6 is 23.7 Å². The molecule has 1 aromatic heterocycles. The zero-order chi connectivity index (χ0) is 15.8. The van der Waals surface area contributed by atoms with Crippen molar-refractivity contribution in [3.63, 3.8) is 0 Å². The first-order chi connectivity index (χ1) is 9.72. The lowest BCUT2D eigenvalue weighted by Crippen LogP contribution is -2.74. The number of carbonyl (C=O) groups is 1. The van der Waals surface area contributed by atoms with Crippen molar-refractivity contribution in [2.45, 2.75) is 45.3 Å². The molecule has 1 heterocycles. The van der Waals surface area contributed by atoms with Crippen LogP contribution in [0.5, 0.6) is 0 Å². The van der Waals surface area contributed by atoms with E-state index in [2.05, 4.69) is 15.5 Å². The van der Waals surface area contributed by atoms with Crippen LogP contribution < -0.4 is 11.1 Å². The van der Waals surface area contributed by atoms with Gasteiger partial charge in [0, 0.05) is 18.4 Å². The number of hydrogen-bond acceptors (Lipinski definition) is 6. The Kier molecular flexibility index (Phi) is 5.82. The van der Waals surface area contributed by atoms with Crippen LogP contribution in [0.15, 0.2) is 0 Å². The third kappa shape index (κ3) is 3.08. The standard InChI is InChI=1S/C12H18F2N4O2S.ClH/c1-4-20-6-5-12(15,11(6,2)3)9(19)16-10-18-17-8(21-10)7(13)14;/h6-7H,4-5,15H2,1-3H3,(H,16,18,19);1H. The summed E-state index contributed by atoms with van der Waals surface area (Å²) in [5, 5.41) is 8.90. The second kappa shape index (κ2) is 6.69. The minimum Gasteiger partial charge on any atom is -0.378 e. The topological polar surface area (TPSA) is 90.1 Å². The predicted molar refractivity (Wildman–Crippen MR) is 81.5 cm³/mol. The molecule has 3 N–H and O–H groups in total. The number of aromatic nitrogens is 2. The lowest BCUT2D eigenvalue weighted by Gasteiger charge is -2.57. The highest BCUT2D eigenvalue weighted by Crippen LogP contribution is 2.50. The first-order valence-electron chi connectivity index (χ1n) is 6.56. The zero-order valence-electron chi connectivity index (χ0n) is 12.4. The number of hydrogen-bond donors (Lipinski definition) is 2. The fourth-order valence-corrected chi connectivity index (χ4v) is 3.00. The van der Waals surface area contributed by atoms with Gasteiger partial charge in [-0.2, -0.15) is 0 Å². The minimum absolute atomic E-state index is 0. The molecule has 2 unspecified atom stereocenters. The Labute approximate surface area is 137 Å². The highest BCUT2D eigenvalue weighted by atomic mass is 35.5. The Bertz CT molecular complexity index is 543. The van der Waals surface area contributed by atoms with Gasteiger partial charge in [0.15, 0.2) is 5.01 Å². The molecule has 0 saturated heterocycles. The molecule has 0 radical (unpaired) electrons. The molecule has 10 heteroatoms. The van der Waals surface area contributed by atoms with Crippen LogP contribution in [0.4, 0.5) is 13.9 Å². The van der Waals surface area contributed by atoms with Gasteiger partial charge in [-0.1, -0.05) is 25.2 Å². The van der Waals surface area contributed by atoms with Crippen molar-refractivity contribution in [1.82, 2.24) is 10.2 Å². The van der Waals surface area contributed by atoms with Crippen LogP contribution in [0.3, 0.4) is 0 Å². The van der Waals surface area contributed by atoms with E-state index in [0.29, 0.717) is 24.4 Å². The number of nitrogens with one attached hydrogen (secondary N) is 1. The molecular weight excluding hydrogens is 338 g/mol. The maximum Gasteiger partial charge on any atom is 0.291 e. The second-order valence-corrected chi connectivity index (χ2v) is 6.55. The van der Waals surface area contributed by atoms with Crippen molar-refractivity contribution in [1.29, 1.82) is 0 Å². The van der Waals surface area contributed by atoms with E-state index in [4.69, 9.17) is 10.5 Å². The Morgan fingerprint density at radius 2 is 2.18 bits per heavy atom. The monoisotopic (exact) mass is 356 g/mol. The average Bonchev–Trinajstić information content (AvgIpc) is 2.86. The van der Waals surface area contributed by atoms with Crippen molar-refractivity contribution >= 4 is 34.8 Å². The summed E-state index contributed by atoms with van der Waals surface area (Å²) in [4.78, 5) is 12.3. The number of amides is 1. The highest BCUT2D eigenvalue weighted by molar-refractivity contribution is 7.15. The molecule has 1 fully saturated rings. The van der Waals surface area contributed by atoms with Crippen LogP contribution in [0.2, 0.25) is 0 Å². The summed E-state index contributed by atoms with van der Waals surface area (Å²) in [5.41, 5.74) is 4.50. The number of halogens is 3. The van der Waals surface area contributed by atoms with Crippen molar-refractivity contribution in [2.24, 2.45) is 11.1 Å². The first kappa shape index (κ1) is 19.1. The Morgan fingerprint density at radius 1 is 1.55 bits per heavy atom. The quantitative estimate of drug-likeness (QED) is 0.845. The van der Waals surface area contributed by atoms with Gasteiger partial charge < -0.3 is 10.5 Å². The molecule has 6 nitrogen and oxygen atoms in total. The van der Waals surface area contributed by atoms with Gasteiger partial charge in [0.1, 0.15) is 5.54 Å². The van der Waals surface area contributed by atoms with Gasteiger partial charge >= 0.3 is 0 Å². The molecule has 1 aliphatic rings. The molecule has 0 bridgehead atoms. The summed E-state index contributed by atoms with van der Waals surface area (Å²) in [6, 6.07) is 0. The second-order valence-electron chi connectivity index (χ2n) is 5.54. The van der Waals surface area contributed by atoms with E-state index >= 15 is 0 Å². The summed E-state index contributed by atoms with van der Waals surface area (Å²) in [5.74, 6) is -0.458. The van der Waals surface area contributed by atoms with Gasteiger partial charge in [-0.05, 0) is 6.92 Å². The van der Waals surface area contributed by atoms with Gasteiger partial charge in [0.05, 0.1) is 6.10 Å². The lowest BCUT2D eigenvalue weighted by atomic mass is 9.54. The summed E-state index contributed by atoms with van der Waals surface area (Å²) in [6.07, 6.45) is -2.44. The summed E-state index contributed by atoms with van der Waals surface area (Å²) in [6.45, 7) is 6.11. The smallest absolute Gasteiger partial charge is 0.291 e. The molecular formula is C12H19ClF2N4O2S. The van der Waals surface area contributed by atoms with Gasteiger partial charge in [0.2, 0.25) is 11.0 Å². The van der Waals surface area contributed by atoms with Gasteiger partial charge in [0.25, 0.3) is 6.43 Å². The summed E-state index contributed by atoms with van der Waals surface area (Å²) < 4.78 is 30.4. The Hall–Kier alpha value is -0.900.